The number of rotatable bonds is 1. The van der Waals surface area contributed by atoms with E-state index in [9.17, 15) is 4.39 Å². The van der Waals surface area contributed by atoms with Crippen LogP contribution in [0.1, 0.15) is 0 Å². The standard InChI is InChI=1S/C11H6ClFN4/c12-11-15-5-7(13)10(16-11)8-6-14-9-3-1-2-4-17(8)9/h1-6H. The first-order valence-corrected chi connectivity index (χ1v) is 5.24. The maximum atomic E-state index is 13.6. The van der Waals surface area contributed by atoms with Crippen molar-refractivity contribution in [1.82, 2.24) is 19.4 Å². The van der Waals surface area contributed by atoms with E-state index < -0.39 is 5.82 Å². The summed E-state index contributed by atoms with van der Waals surface area (Å²) >= 11 is 5.67. The molecule has 6 heteroatoms. The van der Waals surface area contributed by atoms with Crippen LogP contribution in [0, 0.1) is 5.82 Å². The van der Waals surface area contributed by atoms with E-state index in [0.29, 0.717) is 5.69 Å². The monoisotopic (exact) mass is 248 g/mol. The fourth-order valence-corrected chi connectivity index (χ4v) is 1.77. The summed E-state index contributed by atoms with van der Waals surface area (Å²) in [6, 6.07) is 5.51. The summed E-state index contributed by atoms with van der Waals surface area (Å²) in [6.07, 6.45) is 4.39. The molecule has 17 heavy (non-hydrogen) atoms. The summed E-state index contributed by atoms with van der Waals surface area (Å²) < 4.78 is 15.4. The lowest BCUT2D eigenvalue weighted by atomic mass is 10.3. The third-order valence-corrected chi connectivity index (χ3v) is 2.56. The lowest BCUT2D eigenvalue weighted by Crippen LogP contribution is -1.95. The van der Waals surface area contributed by atoms with Crippen LogP contribution < -0.4 is 0 Å². The summed E-state index contributed by atoms with van der Waals surface area (Å²) in [5.41, 5.74) is 1.41. The highest BCUT2D eigenvalue weighted by atomic mass is 35.5. The van der Waals surface area contributed by atoms with Crippen molar-refractivity contribution in [3.05, 3.63) is 47.9 Å². The van der Waals surface area contributed by atoms with Gasteiger partial charge in [-0.1, -0.05) is 6.07 Å². The Morgan fingerprint density at radius 2 is 2.06 bits per heavy atom. The van der Waals surface area contributed by atoms with Gasteiger partial charge < -0.3 is 0 Å². The molecular weight excluding hydrogens is 243 g/mol. The highest BCUT2D eigenvalue weighted by Crippen LogP contribution is 2.22. The molecule has 0 aliphatic heterocycles. The van der Waals surface area contributed by atoms with Crippen molar-refractivity contribution in [2.45, 2.75) is 0 Å². The normalized spacial score (nSPS) is 10.9. The molecule has 0 aromatic carbocycles. The lowest BCUT2D eigenvalue weighted by molar-refractivity contribution is 0.617. The SMILES string of the molecule is Fc1cnc(Cl)nc1-c1cnc2ccccn12. The van der Waals surface area contributed by atoms with Gasteiger partial charge in [0.2, 0.25) is 5.28 Å². The van der Waals surface area contributed by atoms with Gasteiger partial charge in [0.15, 0.2) is 5.82 Å². The number of nitrogens with zero attached hydrogens (tertiary/aromatic N) is 4. The van der Waals surface area contributed by atoms with E-state index in [2.05, 4.69) is 15.0 Å². The molecule has 0 atom stereocenters. The van der Waals surface area contributed by atoms with Crippen molar-refractivity contribution >= 4 is 17.2 Å². The van der Waals surface area contributed by atoms with Crippen LogP contribution in [0.4, 0.5) is 4.39 Å². The topological polar surface area (TPSA) is 43.1 Å². The van der Waals surface area contributed by atoms with Crippen LogP contribution in [0.25, 0.3) is 17.0 Å². The highest BCUT2D eigenvalue weighted by molar-refractivity contribution is 6.28. The summed E-state index contributed by atoms with van der Waals surface area (Å²) in [6.45, 7) is 0. The van der Waals surface area contributed by atoms with Gasteiger partial charge >= 0.3 is 0 Å². The number of halogens is 2. The molecule has 3 aromatic rings. The van der Waals surface area contributed by atoms with E-state index in [1.165, 1.54) is 0 Å². The van der Waals surface area contributed by atoms with E-state index in [-0.39, 0.29) is 11.0 Å². The van der Waals surface area contributed by atoms with Crippen molar-refractivity contribution in [2.24, 2.45) is 0 Å². The van der Waals surface area contributed by atoms with Gasteiger partial charge in [0.05, 0.1) is 18.1 Å². The van der Waals surface area contributed by atoms with Gasteiger partial charge in [-0.15, -0.1) is 0 Å². The molecule has 0 saturated heterocycles. The molecule has 0 unspecified atom stereocenters. The second-order valence-corrected chi connectivity index (χ2v) is 3.75. The molecule has 3 heterocycles. The van der Waals surface area contributed by atoms with Crippen molar-refractivity contribution < 1.29 is 4.39 Å². The Bertz CT molecular complexity index is 695. The summed E-state index contributed by atoms with van der Waals surface area (Å²) in [7, 11) is 0. The largest absolute Gasteiger partial charge is 0.298 e. The van der Waals surface area contributed by atoms with E-state index in [0.717, 1.165) is 11.8 Å². The molecule has 0 radical (unpaired) electrons. The smallest absolute Gasteiger partial charge is 0.223 e. The minimum Gasteiger partial charge on any atom is -0.298 e. The van der Waals surface area contributed by atoms with Gasteiger partial charge in [0, 0.05) is 6.20 Å². The van der Waals surface area contributed by atoms with Gasteiger partial charge in [-0.05, 0) is 23.7 Å². The van der Waals surface area contributed by atoms with E-state index in [1.54, 1.807) is 16.8 Å². The van der Waals surface area contributed by atoms with Crippen LogP contribution >= 0.6 is 11.6 Å². The molecule has 0 aliphatic rings. The summed E-state index contributed by atoms with van der Waals surface area (Å²) in [5, 5.41) is 0.00674. The van der Waals surface area contributed by atoms with Crippen LogP contribution in [-0.2, 0) is 0 Å². The second-order valence-electron chi connectivity index (χ2n) is 3.41. The predicted octanol–water partition coefficient (Wildman–Crippen LogP) is 2.58. The van der Waals surface area contributed by atoms with Gasteiger partial charge in [-0.3, -0.25) is 4.40 Å². The van der Waals surface area contributed by atoms with Crippen LogP contribution in [0.2, 0.25) is 5.28 Å². The molecule has 0 spiro atoms. The van der Waals surface area contributed by atoms with Crippen LogP contribution in [0.3, 0.4) is 0 Å². The van der Waals surface area contributed by atoms with Crippen LogP contribution in [0.15, 0.2) is 36.8 Å². The van der Waals surface area contributed by atoms with Gasteiger partial charge in [0.25, 0.3) is 0 Å². The minimum atomic E-state index is -0.528. The zero-order valence-corrected chi connectivity index (χ0v) is 9.26. The first-order chi connectivity index (χ1) is 8.25. The number of aromatic nitrogens is 4. The Morgan fingerprint density at radius 3 is 2.94 bits per heavy atom. The van der Waals surface area contributed by atoms with Crippen molar-refractivity contribution in [3.63, 3.8) is 0 Å². The molecule has 0 bridgehead atoms. The van der Waals surface area contributed by atoms with E-state index >= 15 is 0 Å². The Balaban J connectivity index is 2.31. The van der Waals surface area contributed by atoms with Gasteiger partial charge in [-0.25, -0.2) is 19.3 Å². The third-order valence-electron chi connectivity index (χ3n) is 2.37. The summed E-state index contributed by atoms with van der Waals surface area (Å²) in [5.74, 6) is -0.528. The average molecular weight is 249 g/mol. The molecule has 0 N–H and O–H groups in total. The molecule has 4 nitrogen and oxygen atoms in total. The minimum absolute atomic E-state index is 0.00674. The Kier molecular flexibility index (Phi) is 2.26. The fraction of sp³-hybridized carbons (Fsp3) is 0. The summed E-state index contributed by atoms with van der Waals surface area (Å²) in [4.78, 5) is 11.6. The Morgan fingerprint density at radius 1 is 1.18 bits per heavy atom. The lowest BCUT2D eigenvalue weighted by Gasteiger charge is -2.02. The first-order valence-electron chi connectivity index (χ1n) is 4.86. The maximum absolute atomic E-state index is 13.6. The number of hydrogen-bond acceptors (Lipinski definition) is 3. The van der Waals surface area contributed by atoms with E-state index in [4.69, 9.17) is 11.6 Å². The van der Waals surface area contributed by atoms with Crippen LogP contribution in [-0.4, -0.2) is 19.4 Å². The zero-order valence-electron chi connectivity index (χ0n) is 8.51. The molecule has 0 aliphatic carbocycles. The number of imidazole rings is 1. The predicted molar refractivity (Wildman–Crippen MR) is 61.2 cm³/mol. The highest BCUT2D eigenvalue weighted by Gasteiger charge is 2.12. The van der Waals surface area contributed by atoms with Crippen LogP contribution in [0.5, 0.6) is 0 Å². The van der Waals surface area contributed by atoms with Crippen molar-refractivity contribution in [1.29, 1.82) is 0 Å². The quantitative estimate of drug-likeness (QED) is 0.622. The third kappa shape index (κ3) is 1.64. The van der Waals surface area contributed by atoms with Crippen molar-refractivity contribution in [2.75, 3.05) is 0 Å². The fourth-order valence-electron chi connectivity index (χ4n) is 1.63. The Hall–Kier alpha value is -2.01. The van der Waals surface area contributed by atoms with E-state index in [1.807, 2.05) is 18.2 Å². The maximum Gasteiger partial charge on any atom is 0.223 e. The average Bonchev–Trinajstić information content (AvgIpc) is 2.76. The number of pyridine rings is 1. The van der Waals surface area contributed by atoms with Crippen molar-refractivity contribution in [3.8, 4) is 11.4 Å². The molecule has 0 amide bonds. The molecule has 3 rings (SSSR count). The van der Waals surface area contributed by atoms with Gasteiger partial charge in [0.1, 0.15) is 11.3 Å². The Labute approximate surface area is 101 Å². The number of fused-ring (bicyclic) bond motifs is 1. The molecule has 3 aromatic heterocycles. The molecule has 0 fully saturated rings. The van der Waals surface area contributed by atoms with Gasteiger partial charge in [-0.2, -0.15) is 0 Å². The first kappa shape index (κ1) is 10.2. The second kappa shape index (κ2) is 3.78. The molecular formula is C11H6ClFN4. The molecule has 0 saturated carbocycles. The zero-order chi connectivity index (χ0) is 11.8. The number of hydrogen-bond donors (Lipinski definition) is 0. The molecule has 84 valence electrons.